The summed E-state index contributed by atoms with van der Waals surface area (Å²) in [5, 5.41) is 0.749. The van der Waals surface area contributed by atoms with Crippen molar-refractivity contribution in [1.29, 1.82) is 0 Å². The molecule has 0 bridgehead atoms. The number of halogens is 1. The van der Waals surface area contributed by atoms with E-state index in [-0.39, 0.29) is 0 Å². The maximum atomic E-state index is 10.6. The van der Waals surface area contributed by atoms with Gasteiger partial charge in [-0.3, -0.25) is 0 Å². The molecular weight excluding hydrogens is 208 g/mol. The molecule has 1 aromatic rings. The first-order chi connectivity index (χ1) is 7.27. The van der Waals surface area contributed by atoms with Gasteiger partial charge in [-0.15, -0.1) is 0 Å². The molecule has 0 amide bonds. The lowest BCUT2D eigenvalue weighted by molar-refractivity contribution is -0.108. The van der Waals surface area contributed by atoms with Crippen LogP contribution in [0.2, 0.25) is 5.02 Å². The molecule has 2 heteroatoms. The fourth-order valence-electron chi connectivity index (χ4n) is 1.72. The second-order valence-electron chi connectivity index (χ2n) is 3.79. The molecule has 0 heterocycles. The Kier molecular flexibility index (Phi) is 5.41. The number of aldehydes is 1. The molecular formula is C13H17ClO. The Bertz CT molecular complexity index is 292. The summed E-state index contributed by atoms with van der Waals surface area (Å²) in [4.78, 5) is 10.6. The van der Waals surface area contributed by atoms with Crippen LogP contribution in [0.1, 0.15) is 44.1 Å². The van der Waals surface area contributed by atoms with E-state index in [1.165, 1.54) is 18.4 Å². The monoisotopic (exact) mass is 224 g/mol. The van der Waals surface area contributed by atoms with Gasteiger partial charge in [-0.2, -0.15) is 0 Å². The molecule has 1 aromatic carbocycles. The number of hydrogen-bond acceptors (Lipinski definition) is 1. The fourth-order valence-corrected chi connectivity index (χ4v) is 1.85. The third-order valence-corrected chi connectivity index (χ3v) is 2.88. The molecule has 0 saturated carbocycles. The van der Waals surface area contributed by atoms with Crippen molar-refractivity contribution in [1.82, 2.24) is 0 Å². The number of carbonyl (C=O) groups excluding carboxylic acids is 1. The van der Waals surface area contributed by atoms with E-state index in [9.17, 15) is 4.79 Å². The molecule has 0 aliphatic heterocycles. The molecule has 1 rings (SSSR count). The first-order valence-electron chi connectivity index (χ1n) is 5.47. The normalized spacial score (nSPS) is 12.4. The van der Waals surface area contributed by atoms with Crippen LogP contribution in [0.3, 0.4) is 0 Å². The molecule has 1 nitrogen and oxygen atoms in total. The number of carbonyl (C=O) groups is 1. The summed E-state index contributed by atoms with van der Waals surface area (Å²) in [5.41, 5.74) is 1.22. The summed E-state index contributed by atoms with van der Waals surface area (Å²) >= 11 is 5.83. The lowest BCUT2D eigenvalue weighted by Gasteiger charge is -2.14. The van der Waals surface area contributed by atoms with Crippen LogP contribution in [0.25, 0.3) is 0 Å². The zero-order chi connectivity index (χ0) is 11.1. The highest BCUT2D eigenvalue weighted by atomic mass is 35.5. The Morgan fingerprint density at radius 3 is 2.53 bits per heavy atom. The van der Waals surface area contributed by atoms with Gasteiger partial charge in [0, 0.05) is 11.4 Å². The van der Waals surface area contributed by atoms with E-state index in [0.29, 0.717) is 12.3 Å². The first kappa shape index (κ1) is 12.3. The molecule has 0 fully saturated rings. The van der Waals surface area contributed by atoms with E-state index in [4.69, 9.17) is 11.6 Å². The van der Waals surface area contributed by atoms with Crippen molar-refractivity contribution < 1.29 is 4.79 Å². The lowest BCUT2D eigenvalue weighted by atomic mass is 9.91. The second kappa shape index (κ2) is 6.62. The number of unbranched alkanes of at least 4 members (excludes halogenated alkanes) is 1. The van der Waals surface area contributed by atoms with E-state index >= 15 is 0 Å². The van der Waals surface area contributed by atoms with Gasteiger partial charge >= 0.3 is 0 Å². The first-order valence-corrected chi connectivity index (χ1v) is 5.84. The predicted molar refractivity (Wildman–Crippen MR) is 64.4 cm³/mol. The zero-order valence-corrected chi connectivity index (χ0v) is 9.83. The minimum atomic E-state index is 0.361. The molecule has 0 spiro atoms. The Morgan fingerprint density at radius 1 is 1.33 bits per heavy atom. The van der Waals surface area contributed by atoms with Crippen LogP contribution in [-0.2, 0) is 4.79 Å². The van der Waals surface area contributed by atoms with Crippen molar-refractivity contribution >= 4 is 17.9 Å². The van der Waals surface area contributed by atoms with Gasteiger partial charge in [0.25, 0.3) is 0 Å². The third-order valence-electron chi connectivity index (χ3n) is 2.63. The minimum Gasteiger partial charge on any atom is -0.303 e. The quantitative estimate of drug-likeness (QED) is 0.662. The smallest absolute Gasteiger partial charge is 0.120 e. The number of hydrogen-bond donors (Lipinski definition) is 0. The van der Waals surface area contributed by atoms with E-state index < -0.39 is 0 Å². The number of benzene rings is 1. The molecule has 0 N–H and O–H groups in total. The largest absolute Gasteiger partial charge is 0.303 e. The second-order valence-corrected chi connectivity index (χ2v) is 4.23. The molecule has 82 valence electrons. The average Bonchev–Trinajstić information content (AvgIpc) is 2.25. The zero-order valence-electron chi connectivity index (χ0n) is 9.08. The summed E-state index contributed by atoms with van der Waals surface area (Å²) in [6, 6.07) is 7.82. The van der Waals surface area contributed by atoms with E-state index in [0.717, 1.165) is 17.7 Å². The van der Waals surface area contributed by atoms with Crippen molar-refractivity contribution in [3.05, 3.63) is 34.9 Å². The van der Waals surface area contributed by atoms with Gasteiger partial charge in [-0.25, -0.2) is 0 Å². The van der Waals surface area contributed by atoms with Gasteiger partial charge in [0.05, 0.1) is 0 Å². The summed E-state index contributed by atoms with van der Waals surface area (Å²) in [7, 11) is 0. The van der Waals surface area contributed by atoms with Crippen molar-refractivity contribution in [2.24, 2.45) is 0 Å². The summed E-state index contributed by atoms with van der Waals surface area (Å²) < 4.78 is 0. The van der Waals surface area contributed by atoms with Gasteiger partial charge < -0.3 is 4.79 Å². The fraction of sp³-hybridized carbons (Fsp3) is 0.462. The Morgan fingerprint density at radius 2 is 2.00 bits per heavy atom. The molecule has 0 saturated heterocycles. The Balaban J connectivity index is 2.69. The minimum absolute atomic E-state index is 0.361. The Labute approximate surface area is 96.5 Å². The van der Waals surface area contributed by atoms with Crippen LogP contribution in [-0.4, -0.2) is 6.29 Å². The molecule has 0 aliphatic carbocycles. The SMILES string of the molecule is CCCC[C@@H](CC=O)c1ccc(Cl)cc1. The Hall–Kier alpha value is -0.820. The van der Waals surface area contributed by atoms with Crippen LogP contribution in [0, 0.1) is 0 Å². The van der Waals surface area contributed by atoms with Crippen LogP contribution < -0.4 is 0 Å². The summed E-state index contributed by atoms with van der Waals surface area (Å²) in [5.74, 6) is 0.361. The maximum absolute atomic E-state index is 10.6. The van der Waals surface area contributed by atoms with Crippen LogP contribution >= 0.6 is 11.6 Å². The van der Waals surface area contributed by atoms with Gasteiger partial charge in [-0.1, -0.05) is 43.5 Å². The van der Waals surface area contributed by atoms with E-state index in [1.54, 1.807) is 0 Å². The van der Waals surface area contributed by atoms with Gasteiger partial charge in [0.1, 0.15) is 6.29 Å². The van der Waals surface area contributed by atoms with E-state index in [1.807, 2.05) is 24.3 Å². The highest BCUT2D eigenvalue weighted by molar-refractivity contribution is 6.30. The van der Waals surface area contributed by atoms with Crippen molar-refractivity contribution in [2.75, 3.05) is 0 Å². The molecule has 0 radical (unpaired) electrons. The van der Waals surface area contributed by atoms with Crippen LogP contribution in [0.4, 0.5) is 0 Å². The summed E-state index contributed by atoms with van der Waals surface area (Å²) in [6.45, 7) is 2.17. The topological polar surface area (TPSA) is 17.1 Å². The van der Waals surface area contributed by atoms with E-state index in [2.05, 4.69) is 6.92 Å². The molecule has 15 heavy (non-hydrogen) atoms. The third kappa shape index (κ3) is 4.05. The van der Waals surface area contributed by atoms with Gasteiger partial charge in [0.2, 0.25) is 0 Å². The van der Waals surface area contributed by atoms with Crippen LogP contribution in [0.5, 0.6) is 0 Å². The van der Waals surface area contributed by atoms with Gasteiger partial charge in [0.15, 0.2) is 0 Å². The molecule has 0 aromatic heterocycles. The highest BCUT2D eigenvalue weighted by Crippen LogP contribution is 2.25. The lowest BCUT2D eigenvalue weighted by Crippen LogP contribution is -1.99. The molecule has 0 unspecified atom stereocenters. The van der Waals surface area contributed by atoms with Gasteiger partial charge in [-0.05, 0) is 30.0 Å². The molecule has 1 atom stereocenters. The molecule has 0 aliphatic rings. The van der Waals surface area contributed by atoms with Crippen molar-refractivity contribution in [2.45, 2.75) is 38.5 Å². The maximum Gasteiger partial charge on any atom is 0.120 e. The van der Waals surface area contributed by atoms with Crippen molar-refractivity contribution in [3.8, 4) is 0 Å². The standard InChI is InChI=1S/C13H17ClO/c1-2-3-4-11(9-10-15)12-5-7-13(14)8-6-12/h5-8,10-11H,2-4,9H2,1H3/t11-/m0/s1. The predicted octanol–water partition coefficient (Wildman–Crippen LogP) is 4.20. The average molecular weight is 225 g/mol. The summed E-state index contributed by atoms with van der Waals surface area (Å²) in [6.07, 6.45) is 5.04. The van der Waals surface area contributed by atoms with Crippen LogP contribution in [0.15, 0.2) is 24.3 Å². The number of rotatable bonds is 6. The highest BCUT2D eigenvalue weighted by Gasteiger charge is 2.10. The van der Waals surface area contributed by atoms with Crippen molar-refractivity contribution in [3.63, 3.8) is 0 Å².